The predicted octanol–water partition coefficient (Wildman–Crippen LogP) is 3.34. The van der Waals surface area contributed by atoms with Gasteiger partial charge >= 0.3 is 0 Å². The molecule has 0 N–H and O–H groups in total. The molecule has 1 aromatic heterocycles. The number of ether oxygens (including phenoxy) is 3. The third-order valence-electron chi connectivity index (χ3n) is 5.19. The fourth-order valence-electron chi connectivity index (χ4n) is 3.49. The first-order valence-corrected chi connectivity index (χ1v) is 9.87. The van der Waals surface area contributed by atoms with Crippen molar-refractivity contribution in [3.8, 4) is 28.4 Å². The highest BCUT2D eigenvalue weighted by atomic mass is 16.5. The number of carbonyl (C=O) groups is 1. The van der Waals surface area contributed by atoms with Crippen LogP contribution in [0.4, 0.5) is 0 Å². The summed E-state index contributed by atoms with van der Waals surface area (Å²) >= 11 is 0. The van der Waals surface area contributed by atoms with E-state index in [1.807, 2.05) is 55.5 Å². The summed E-state index contributed by atoms with van der Waals surface area (Å²) in [7, 11) is 3.22. The number of methoxy groups -OCH3 is 2. The van der Waals surface area contributed by atoms with Crippen LogP contribution in [0.2, 0.25) is 0 Å². The zero-order valence-corrected chi connectivity index (χ0v) is 17.4. The molecule has 0 radical (unpaired) electrons. The lowest BCUT2D eigenvalue weighted by Gasteiger charge is -2.26. The minimum Gasteiger partial charge on any atom is -0.497 e. The second-order valence-corrected chi connectivity index (χ2v) is 7.13. The number of amides is 1. The molecule has 2 heterocycles. The van der Waals surface area contributed by atoms with E-state index in [1.54, 1.807) is 23.8 Å². The number of hydrogen-bond acceptors (Lipinski definition) is 5. The molecule has 1 fully saturated rings. The molecule has 3 aromatic rings. The van der Waals surface area contributed by atoms with E-state index in [-0.39, 0.29) is 5.91 Å². The number of carbonyl (C=O) groups excluding carboxylic acids is 1. The maximum absolute atomic E-state index is 13.3. The average Bonchev–Trinajstić information content (AvgIpc) is 3.24. The standard InChI is InChI=1S/C23H25N3O4/c1-16-4-6-17(7-5-16)26-21(23(27)25-10-12-30-13-11-25)15-20(24-26)19-9-8-18(28-2)14-22(19)29-3/h4-9,14-15H,10-13H2,1-3H3. The van der Waals surface area contributed by atoms with Gasteiger partial charge in [-0.1, -0.05) is 17.7 Å². The van der Waals surface area contributed by atoms with Gasteiger partial charge in [-0.15, -0.1) is 0 Å². The van der Waals surface area contributed by atoms with E-state index in [0.29, 0.717) is 49.2 Å². The van der Waals surface area contributed by atoms with E-state index in [4.69, 9.17) is 19.3 Å². The van der Waals surface area contributed by atoms with Crippen LogP contribution in [0, 0.1) is 6.92 Å². The van der Waals surface area contributed by atoms with Crippen molar-refractivity contribution in [3.63, 3.8) is 0 Å². The normalized spacial score (nSPS) is 13.9. The zero-order chi connectivity index (χ0) is 21.1. The fourth-order valence-corrected chi connectivity index (χ4v) is 3.49. The van der Waals surface area contributed by atoms with E-state index < -0.39 is 0 Å². The van der Waals surface area contributed by atoms with Crippen LogP contribution < -0.4 is 9.47 Å². The molecule has 0 unspecified atom stereocenters. The Labute approximate surface area is 175 Å². The SMILES string of the molecule is COc1ccc(-c2cc(C(=O)N3CCOCC3)n(-c3ccc(C)cc3)n2)c(OC)c1. The number of morpholine rings is 1. The van der Waals surface area contributed by atoms with Crippen molar-refractivity contribution < 1.29 is 19.0 Å². The first-order valence-electron chi connectivity index (χ1n) is 9.87. The molecule has 1 aliphatic heterocycles. The first-order chi connectivity index (χ1) is 14.6. The van der Waals surface area contributed by atoms with E-state index in [0.717, 1.165) is 16.8 Å². The van der Waals surface area contributed by atoms with Gasteiger partial charge < -0.3 is 19.1 Å². The Bertz CT molecular complexity index is 1040. The Kier molecular flexibility index (Phi) is 5.72. The number of hydrogen-bond donors (Lipinski definition) is 0. The summed E-state index contributed by atoms with van der Waals surface area (Å²) in [5, 5.41) is 4.78. The molecule has 1 saturated heterocycles. The van der Waals surface area contributed by atoms with Gasteiger partial charge in [-0.05, 0) is 37.3 Å². The summed E-state index contributed by atoms with van der Waals surface area (Å²) in [5.41, 5.74) is 3.93. The second kappa shape index (κ2) is 8.59. The lowest BCUT2D eigenvalue weighted by atomic mass is 10.1. The minimum atomic E-state index is -0.0647. The molecule has 7 nitrogen and oxygen atoms in total. The highest BCUT2D eigenvalue weighted by molar-refractivity contribution is 5.94. The molecule has 7 heteroatoms. The van der Waals surface area contributed by atoms with E-state index in [9.17, 15) is 4.79 Å². The monoisotopic (exact) mass is 407 g/mol. The van der Waals surface area contributed by atoms with Crippen molar-refractivity contribution in [2.75, 3.05) is 40.5 Å². The third-order valence-corrected chi connectivity index (χ3v) is 5.19. The Balaban J connectivity index is 1.81. The van der Waals surface area contributed by atoms with Crippen LogP contribution >= 0.6 is 0 Å². The topological polar surface area (TPSA) is 65.8 Å². The molecular weight excluding hydrogens is 382 g/mol. The van der Waals surface area contributed by atoms with Crippen LogP contribution in [0.3, 0.4) is 0 Å². The van der Waals surface area contributed by atoms with Crippen molar-refractivity contribution in [3.05, 3.63) is 59.8 Å². The number of benzene rings is 2. The maximum atomic E-state index is 13.3. The smallest absolute Gasteiger partial charge is 0.272 e. The summed E-state index contributed by atoms with van der Waals surface area (Å²) in [6.07, 6.45) is 0. The van der Waals surface area contributed by atoms with Crippen molar-refractivity contribution in [2.24, 2.45) is 0 Å². The Morgan fingerprint density at radius 2 is 1.73 bits per heavy atom. The molecule has 0 saturated carbocycles. The molecule has 2 aromatic carbocycles. The molecule has 1 amide bonds. The molecule has 4 rings (SSSR count). The lowest BCUT2D eigenvalue weighted by Crippen LogP contribution is -2.41. The van der Waals surface area contributed by atoms with Gasteiger partial charge in [-0.3, -0.25) is 4.79 Å². The molecule has 30 heavy (non-hydrogen) atoms. The van der Waals surface area contributed by atoms with Gasteiger partial charge in [0.05, 0.1) is 38.8 Å². The highest BCUT2D eigenvalue weighted by Gasteiger charge is 2.25. The number of rotatable bonds is 5. The van der Waals surface area contributed by atoms with Crippen molar-refractivity contribution in [1.82, 2.24) is 14.7 Å². The Morgan fingerprint density at radius 1 is 1.00 bits per heavy atom. The van der Waals surface area contributed by atoms with Crippen LogP contribution in [-0.2, 0) is 4.74 Å². The quantitative estimate of drug-likeness (QED) is 0.649. The van der Waals surface area contributed by atoms with Crippen LogP contribution in [0.5, 0.6) is 11.5 Å². The lowest BCUT2D eigenvalue weighted by molar-refractivity contribution is 0.0297. The summed E-state index contributed by atoms with van der Waals surface area (Å²) in [6.45, 7) is 4.26. The largest absolute Gasteiger partial charge is 0.497 e. The number of aryl methyl sites for hydroxylation is 1. The van der Waals surface area contributed by atoms with E-state index in [2.05, 4.69) is 0 Å². The molecule has 0 bridgehead atoms. The molecule has 0 aliphatic carbocycles. The van der Waals surface area contributed by atoms with Crippen LogP contribution in [0.15, 0.2) is 48.5 Å². The van der Waals surface area contributed by atoms with Crippen LogP contribution in [0.1, 0.15) is 16.1 Å². The zero-order valence-electron chi connectivity index (χ0n) is 17.4. The van der Waals surface area contributed by atoms with Crippen LogP contribution in [0.25, 0.3) is 16.9 Å². The number of aromatic nitrogens is 2. The first kappa shape index (κ1) is 20.0. The minimum absolute atomic E-state index is 0.0647. The second-order valence-electron chi connectivity index (χ2n) is 7.13. The highest BCUT2D eigenvalue weighted by Crippen LogP contribution is 2.33. The van der Waals surface area contributed by atoms with Crippen molar-refractivity contribution in [2.45, 2.75) is 6.92 Å². The van der Waals surface area contributed by atoms with Gasteiger partial charge in [0, 0.05) is 24.7 Å². The van der Waals surface area contributed by atoms with Crippen LogP contribution in [-0.4, -0.2) is 61.1 Å². The maximum Gasteiger partial charge on any atom is 0.272 e. The van der Waals surface area contributed by atoms with Gasteiger partial charge in [0.1, 0.15) is 17.2 Å². The predicted molar refractivity (Wildman–Crippen MR) is 114 cm³/mol. The van der Waals surface area contributed by atoms with E-state index >= 15 is 0 Å². The Morgan fingerprint density at radius 3 is 2.40 bits per heavy atom. The molecular formula is C23H25N3O4. The summed E-state index contributed by atoms with van der Waals surface area (Å²) in [4.78, 5) is 15.1. The molecule has 0 atom stereocenters. The van der Waals surface area contributed by atoms with Gasteiger partial charge in [-0.2, -0.15) is 5.10 Å². The average molecular weight is 407 g/mol. The van der Waals surface area contributed by atoms with Crippen molar-refractivity contribution in [1.29, 1.82) is 0 Å². The third kappa shape index (κ3) is 3.89. The van der Waals surface area contributed by atoms with Gasteiger partial charge in [0.25, 0.3) is 5.91 Å². The van der Waals surface area contributed by atoms with Gasteiger partial charge in [-0.25, -0.2) is 4.68 Å². The molecule has 156 valence electrons. The van der Waals surface area contributed by atoms with E-state index in [1.165, 1.54) is 0 Å². The fraction of sp³-hybridized carbons (Fsp3) is 0.304. The summed E-state index contributed by atoms with van der Waals surface area (Å²) in [6, 6.07) is 15.3. The summed E-state index contributed by atoms with van der Waals surface area (Å²) < 4.78 is 17.9. The summed E-state index contributed by atoms with van der Waals surface area (Å²) in [5.74, 6) is 1.26. The molecule has 1 aliphatic rings. The van der Waals surface area contributed by atoms with Crippen molar-refractivity contribution >= 4 is 5.91 Å². The van der Waals surface area contributed by atoms with Gasteiger partial charge in [0.2, 0.25) is 0 Å². The Hall–Kier alpha value is -3.32. The number of nitrogens with zero attached hydrogens (tertiary/aromatic N) is 3. The van der Waals surface area contributed by atoms with Gasteiger partial charge in [0.15, 0.2) is 0 Å². The molecule has 0 spiro atoms.